The molecule has 0 bridgehead atoms. The van der Waals surface area contributed by atoms with Gasteiger partial charge in [-0.15, -0.1) is 0 Å². The molecule has 0 saturated heterocycles. The summed E-state index contributed by atoms with van der Waals surface area (Å²) in [6.45, 7) is 0.0394. The van der Waals surface area contributed by atoms with Crippen LogP contribution in [0.25, 0.3) is 11.1 Å². The average Bonchev–Trinajstić information content (AvgIpc) is 3.11. The van der Waals surface area contributed by atoms with E-state index < -0.39 is 23.0 Å². The van der Waals surface area contributed by atoms with Crippen molar-refractivity contribution >= 4 is 17.7 Å². The lowest BCUT2D eigenvalue weighted by molar-refractivity contribution is -0.385. The number of nitro groups is 1. The SMILES string of the molecule is O=C(N[C@@H](Cc1ccccc1[N+](=O)[O-])C(=O)O)OCC1c2ccccc2-c2ccccc21. The number of rotatable bonds is 7. The molecule has 8 nitrogen and oxygen atoms in total. The van der Waals surface area contributed by atoms with Gasteiger partial charge in [-0.25, -0.2) is 9.59 Å². The maximum Gasteiger partial charge on any atom is 0.407 e. The van der Waals surface area contributed by atoms with E-state index in [0.717, 1.165) is 22.3 Å². The Morgan fingerprint density at radius 1 is 0.969 bits per heavy atom. The summed E-state index contributed by atoms with van der Waals surface area (Å²) in [5.41, 5.74) is 4.25. The van der Waals surface area contributed by atoms with Gasteiger partial charge in [-0.3, -0.25) is 10.1 Å². The minimum atomic E-state index is -1.37. The van der Waals surface area contributed by atoms with Crippen LogP contribution in [0.4, 0.5) is 10.5 Å². The highest BCUT2D eigenvalue weighted by molar-refractivity contribution is 5.81. The lowest BCUT2D eigenvalue weighted by Crippen LogP contribution is -2.43. The molecule has 1 atom stereocenters. The van der Waals surface area contributed by atoms with Gasteiger partial charge in [0.05, 0.1) is 4.92 Å². The topological polar surface area (TPSA) is 119 Å². The predicted molar refractivity (Wildman–Crippen MR) is 116 cm³/mol. The number of hydrogen-bond donors (Lipinski definition) is 2. The molecule has 1 amide bonds. The van der Waals surface area contributed by atoms with E-state index in [1.54, 1.807) is 6.07 Å². The van der Waals surface area contributed by atoms with Crippen molar-refractivity contribution in [2.75, 3.05) is 6.61 Å². The Bertz CT molecular complexity index is 1150. The molecule has 0 aromatic heterocycles. The molecule has 4 rings (SSSR count). The third-order valence-electron chi connectivity index (χ3n) is 5.55. The third-order valence-corrected chi connectivity index (χ3v) is 5.55. The Morgan fingerprint density at radius 3 is 2.12 bits per heavy atom. The van der Waals surface area contributed by atoms with Crippen molar-refractivity contribution < 1.29 is 24.4 Å². The van der Waals surface area contributed by atoms with Crippen LogP contribution < -0.4 is 5.32 Å². The van der Waals surface area contributed by atoms with Crippen molar-refractivity contribution in [1.29, 1.82) is 0 Å². The van der Waals surface area contributed by atoms with Gasteiger partial charge in [-0.05, 0) is 22.3 Å². The van der Waals surface area contributed by atoms with Crippen LogP contribution in [0.1, 0.15) is 22.6 Å². The number of fused-ring (bicyclic) bond motifs is 3. The van der Waals surface area contributed by atoms with Gasteiger partial charge in [-0.1, -0.05) is 66.7 Å². The number of nitrogens with zero attached hydrogens (tertiary/aromatic N) is 1. The van der Waals surface area contributed by atoms with E-state index in [0.29, 0.717) is 0 Å². The molecular weight excluding hydrogens is 412 g/mol. The molecule has 1 aliphatic carbocycles. The third kappa shape index (κ3) is 4.15. The Hall–Kier alpha value is -4.20. The number of hydrogen-bond acceptors (Lipinski definition) is 5. The number of amides is 1. The largest absolute Gasteiger partial charge is 0.480 e. The number of carbonyl (C=O) groups excluding carboxylic acids is 1. The number of carbonyl (C=O) groups is 2. The fourth-order valence-electron chi connectivity index (χ4n) is 4.06. The number of carboxylic acids is 1. The second-order valence-corrected chi connectivity index (χ2v) is 7.45. The summed E-state index contributed by atoms with van der Waals surface area (Å²) in [6.07, 6.45) is -1.13. The van der Waals surface area contributed by atoms with E-state index in [9.17, 15) is 24.8 Å². The first kappa shape index (κ1) is 21.0. The molecule has 2 N–H and O–H groups in total. The van der Waals surface area contributed by atoms with Gasteiger partial charge >= 0.3 is 12.1 Å². The molecule has 0 fully saturated rings. The molecule has 0 heterocycles. The monoisotopic (exact) mass is 432 g/mol. The number of aliphatic carboxylic acids is 1. The first-order chi connectivity index (χ1) is 15.5. The maximum atomic E-state index is 12.4. The molecule has 0 spiro atoms. The zero-order chi connectivity index (χ0) is 22.7. The summed E-state index contributed by atoms with van der Waals surface area (Å²) >= 11 is 0. The van der Waals surface area contributed by atoms with Crippen LogP contribution in [-0.2, 0) is 16.0 Å². The zero-order valence-electron chi connectivity index (χ0n) is 16.9. The number of benzene rings is 3. The smallest absolute Gasteiger partial charge is 0.407 e. The Labute approximate surface area is 183 Å². The average molecular weight is 432 g/mol. The molecule has 3 aromatic rings. The van der Waals surface area contributed by atoms with Crippen LogP contribution in [0, 0.1) is 10.1 Å². The Morgan fingerprint density at radius 2 is 1.53 bits per heavy atom. The van der Waals surface area contributed by atoms with Gasteiger partial charge in [0.15, 0.2) is 0 Å². The molecule has 32 heavy (non-hydrogen) atoms. The second kappa shape index (κ2) is 8.89. The summed E-state index contributed by atoms with van der Waals surface area (Å²) in [5, 5.41) is 23.0. The van der Waals surface area contributed by atoms with E-state index in [1.807, 2.05) is 48.5 Å². The first-order valence-corrected chi connectivity index (χ1v) is 10.0. The van der Waals surface area contributed by atoms with E-state index >= 15 is 0 Å². The number of alkyl carbamates (subject to hydrolysis) is 1. The lowest BCUT2D eigenvalue weighted by atomic mass is 9.98. The van der Waals surface area contributed by atoms with Gasteiger partial charge in [0.2, 0.25) is 0 Å². The van der Waals surface area contributed by atoms with E-state index in [1.165, 1.54) is 18.2 Å². The molecule has 162 valence electrons. The van der Waals surface area contributed by atoms with Gasteiger partial charge in [-0.2, -0.15) is 0 Å². The quantitative estimate of drug-likeness (QED) is 0.428. The van der Waals surface area contributed by atoms with Crippen LogP contribution in [0.3, 0.4) is 0 Å². The summed E-state index contributed by atoms with van der Waals surface area (Å²) in [5.74, 6) is -1.47. The van der Waals surface area contributed by atoms with Gasteiger partial charge < -0.3 is 15.2 Å². The normalized spacial score (nSPS) is 13.0. The van der Waals surface area contributed by atoms with Crippen molar-refractivity contribution in [3.63, 3.8) is 0 Å². The van der Waals surface area contributed by atoms with Crippen molar-refractivity contribution in [3.8, 4) is 11.1 Å². The minimum Gasteiger partial charge on any atom is -0.480 e. The number of carboxylic acid groups (broad SMARTS) is 1. The summed E-state index contributed by atoms with van der Waals surface area (Å²) in [6, 6.07) is 20.2. The van der Waals surface area contributed by atoms with Gasteiger partial charge in [0, 0.05) is 24.0 Å². The van der Waals surface area contributed by atoms with Crippen molar-refractivity contribution in [1.82, 2.24) is 5.32 Å². The van der Waals surface area contributed by atoms with Crippen molar-refractivity contribution in [3.05, 3.63) is 99.6 Å². The van der Waals surface area contributed by atoms with E-state index in [2.05, 4.69) is 5.32 Å². The molecule has 0 saturated carbocycles. The van der Waals surface area contributed by atoms with Crippen LogP contribution in [-0.4, -0.2) is 34.7 Å². The molecule has 0 radical (unpaired) electrons. The summed E-state index contributed by atoms with van der Waals surface area (Å²) < 4.78 is 5.39. The Balaban J connectivity index is 1.45. The van der Waals surface area contributed by atoms with Crippen LogP contribution in [0.5, 0.6) is 0 Å². The highest BCUT2D eigenvalue weighted by Crippen LogP contribution is 2.44. The predicted octanol–water partition coefficient (Wildman–Crippen LogP) is 4.13. The molecule has 3 aromatic carbocycles. The summed E-state index contributed by atoms with van der Waals surface area (Å²) in [7, 11) is 0. The minimum absolute atomic E-state index is 0.0394. The molecule has 8 heteroatoms. The van der Waals surface area contributed by atoms with Gasteiger partial charge in [0.25, 0.3) is 5.69 Å². The zero-order valence-corrected chi connectivity index (χ0v) is 16.9. The van der Waals surface area contributed by atoms with Crippen molar-refractivity contribution in [2.45, 2.75) is 18.4 Å². The van der Waals surface area contributed by atoms with E-state index in [4.69, 9.17) is 4.74 Å². The van der Waals surface area contributed by atoms with Crippen LogP contribution in [0.15, 0.2) is 72.8 Å². The Kier molecular flexibility index (Phi) is 5.85. The molecular formula is C24H20N2O6. The fraction of sp³-hybridized carbons (Fsp3) is 0.167. The van der Waals surface area contributed by atoms with Crippen molar-refractivity contribution in [2.24, 2.45) is 0 Å². The molecule has 0 unspecified atom stereocenters. The maximum absolute atomic E-state index is 12.4. The highest BCUT2D eigenvalue weighted by atomic mass is 16.6. The standard InChI is InChI=1S/C24H20N2O6/c27-23(28)21(13-15-7-1-6-12-22(15)26(30)31)25-24(29)32-14-20-18-10-4-2-8-16(18)17-9-3-5-11-19(17)20/h1-12,20-21H,13-14H2,(H,25,29)(H,27,28)/t21-/m0/s1. The fourth-order valence-corrected chi connectivity index (χ4v) is 4.06. The molecule has 1 aliphatic rings. The number of nitro benzene ring substituents is 1. The van der Waals surface area contributed by atoms with Gasteiger partial charge in [0.1, 0.15) is 12.6 Å². The number of ether oxygens (including phenoxy) is 1. The lowest BCUT2D eigenvalue weighted by Gasteiger charge is -2.17. The highest BCUT2D eigenvalue weighted by Gasteiger charge is 2.30. The van der Waals surface area contributed by atoms with Crippen LogP contribution in [0.2, 0.25) is 0 Å². The first-order valence-electron chi connectivity index (χ1n) is 10.0. The summed E-state index contributed by atoms with van der Waals surface area (Å²) in [4.78, 5) is 34.7. The second-order valence-electron chi connectivity index (χ2n) is 7.45. The number of nitrogens with one attached hydrogen (secondary N) is 1. The van der Waals surface area contributed by atoms with E-state index in [-0.39, 0.29) is 30.2 Å². The van der Waals surface area contributed by atoms with Crippen LogP contribution >= 0.6 is 0 Å². The molecule has 0 aliphatic heterocycles. The number of para-hydroxylation sites is 1.